The molecule has 3 rings (SSSR count). The number of nitriles is 1. The highest BCUT2D eigenvalue weighted by atomic mass is 35.5. The number of aromatic nitrogens is 2. The van der Waals surface area contributed by atoms with E-state index in [0.717, 1.165) is 28.6 Å². The summed E-state index contributed by atoms with van der Waals surface area (Å²) in [5, 5.41) is 17.6. The van der Waals surface area contributed by atoms with Crippen LogP contribution >= 0.6 is 23.4 Å². The molecule has 0 N–H and O–H groups in total. The van der Waals surface area contributed by atoms with E-state index < -0.39 is 0 Å². The van der Waals surface area contributed by atoms with Gasteiger partial charge in [-0.3, -0.25) is 4.79 Å². The highest BCUT2D eigenvalue weighted by Crippen LogP contribution is 2.25. The van der Waals surface area contributed by atoms with Gasteiger partial charge in [0.1, 0.15) is 5.75 Å². The molecule has 0 aliphatic heterocycles. The molecule has 2 aromatic carbocycles. The maximum Gasteiger partial charge on any atom is 0.277 e. The predicted molar refractivity (Wildman–Crippen MR) is 119 cm³/mol. The minimum atomic E-state index is -0.143. The van der Waals surface area contributed by atoms with E-state index in [-0.39, 0.29) is 35.8 Å². The maximum absolute atomic E-state index is 12.8. The Morgan fingerprint density at radius 2 is 2.03 bits per heavy atom. The van der Waals surface area contributed by atoms with Gasteiger partial charge >= 0.3 is 0 Å². The Labute approximate surface area is 190 Å². The second-order valence-corrected chi connectivity index (χ2v) is 8.03. The van der Waals surface area contributed by atoms with Crippen LogP contribution in [0.3, 0.4) is 0 Å². The van der Waals surface area contributed by atoms with E-state index in [4.69, 9.17) is 26.0 Å². The number of halogens is 1. The molecule has 0 radical (unpaired) electrons. The molecule has 0 bridgehead atoms. The Hall–Kier alpha value is -3.02. The molecule has 0 atom stereocenters. The van der Waals surface area contributed by atoms with Crippen molar-refractivity contribution in [2.45, 2.75) is 32.1 Å². The number of nitrogens with zero attached hydrogens (tertiary/aromatic N) is 4. The Kier molecular flexibility index (Phi) is 7.93. The van der Waals surface area contributed by atoms with Crippen molar-refractivity contribution >= 4 is 35.0 Å². The molecule has 0 fully saturated rings. The van der Waals surface area contributed by atoms with Crippen LogP contribution in [0.25, 0.3) is 0 Å². The summed E-state index contributed by atoms with van der Waals surface area (Å²) in [7, 11) is 0. The lowest BCUT2D eigenvalue weighted by atomic mass is 10.1. The van der Waals surface area contributed by atoms with Gasteiger partial charge in [0.25, 0.3) is 11.1 Å². The standard InChI is InChI=1S/C22H21ClN4O3S/c1-15-8-9-17(12-16(15)2)27(11-5-10-24)21(28)14-31-22-26-25-20(30-22)13-29-19-7-4-3-6-18(19)23/h3-4,6-9,12H,5,11,13-14H2,1-2H3. The Bertz CT molecular complexity index is 1100. The molecule has 1 aromatic heterocycles. The first-order chi connectivity index (χ1) is 15.0. The van der Waals surface area contributed by atoms with Crippen molar-refractivity contribution in [3.8, 4) is 11.8 Å². The van der Waals surface area contributed by atoms with Gasteiger partial charge in [-0.15, -0.1) is 10.2 Å². The molecule has 0 saturated heterocycles. The van der Waals surface area contributed by atoms with E-state index in [9.17, 15) is 4.79 Å². The summed E-state index contributed by atoms with van der Waals surface area (Å²) in [5.41, 5.74) is 2.99. The molecule has 31 heavy (non-hydrogen) atoms. The van der Waals surface area contributed by atoms with Crippen LogP contribution in [-0.4, -0.2) is 28.4 Å². The fraction of sp³-hybridized carbons (Fsp3) is 0.273. The van der Waals surface area contributed by atoms with E-state index in [2.05, 4.69) is 16.3 Å². The average molecular weight is 457 g/mol. The third-order valence-electron chi connectivity index (χ3n) is 4.51. The van der Waals surface area contributed by atoms with Crippen molar-refractivity contribution in [3.63, 3.8) is 0 Å². The largest absolute Gasteiger partial charge is 0.482 e. The minimum absolute atomic E-state index is 0.0716. The number of carbonyl (C=O) groups excluding carboxylic acids is 1. The normalized spacial score (nSPS) is 10.5. The summed E-state index contributed by atoms with van der Waals surface area (Å²) in [6.45, 7) is 4.39. The molecule has 0 saturated carbocycles. The zero-order valence-corrected chi connectivity index (χ0v) is 18.7. The van der Waals surface area contributed by atoms with Crippen molar-refractivity contribution in [1.82, 2.24) is 10.2 Å². The summed E-state index contributed by atoms with van der Waals surface area (Å²) >= 11 is 7.20. The summed E-state index contributed by atoms with van der Waals surface area (Å²) in [6, 6.07) is 15.0. The number of hydrogen-bond donors (Lipinski definition) is 0. The summed E-state index contributed by atoms with van der Waals surface area (Å²) in [5.74, 6) is 0.764. The van der Waals surface area contributed by atoms with Gasteiger partial charge in [-0.25, -0.2) is 0 Å². The zero-order valence-electron chi connectivity index (χ0n) is 17.2. The quantitative estimate of drug-likeness (QED) is 0.420. The number of carbonyl (C=O) groups is 1. The van der Waals surface area contributed by atoms with Gasteiger partial charge in [0.2, 0.25) is 5.91 Å². The topological polar surface area (TPSA) is 92.2 Å². The Morgan fingerprint density at radius 3 is 2.77 bits per heavy atom. The van der Waals surface area contributed by atoms with E-state index >= 15 is 0 Å². The molecular formula is C22H21ClN4O3S. The van der Waals surface area contributed by atoms with Gasteiger partial charge in [0.15, 0.2) is 6.61 Å². The first-order valence-electron chi connectivity index (χ1n) is 9.55. The van der Waals surface area contributed by atoms with Crippen LogP contribution in [0.1, 0.15) is 23.4 Å². The van der Waals surface area contributed by atoms with Crippen LogP contribution in [0.15, 0.2) is 52.1 Å². The number of hydrogen-bond acceptors (Lipinski definition) is 7. The van der Waals surface area contributed by atoms with Gasteiger partial charge in [-0.1, -0.05) is 41.6 Å². The van der Waals surface area contributed by atoms with Gasteiger partial charge in [-0.05, 0) is 49.2 Å². The molecule has 0 spiro atoms. The SMILES string of the molecule is Cc1ccc(N(CCC#N)C(=O)CSc2nnc(COc3ccccc3Cl)o2)cc1C. The predicted octanol–water partition coefficient (Wildman–Crippen LogP) is 4.96. The van der Waals surface area contributed by atoms with E-state index in [1.54, 1.807) is 17.0 Å². The van der Waals surface area contributed by atoms with E-state index in [0.29, 0.717) is 17.3 Å². The summed E-state index contributed by atoms with van der Waals surface area (Å²) in [4.78, 5) is 14.5. The second-order valence-electron chi connectivity index (χ2n) is 6.69. The van der Waals surface area contributed by atoms with Gasteiger partial charge in [0, 0.05) is 12.2 Å². The highest BCUT2D eigenvalue weighted by molar-refractivity contribution is 7.99. The first kappa shape index (κ1) is 22.7. The second kappa shape index (κ2) is 10.8. The molecule has 160 valence electrons. The van der Waals surface area contributed by atoms with Crippen molar-refractivity contribution in [2.24, 2.45) is 0 Å². The minimum Gasteiger partial charge on any atom is -0.482 e. The number of amides is 1. The molecular weight excluding hydrogens is 436 g/mol. The zero-order chi connectivity index (χ0) is 22.2. The fourth-order valence-corrected chi connectivity index (χ4v) is 3.56. The molecule has 0 aliphatic carbocycles. The number of ether oxygens (including phenoxy) is 1. The highest BCUT2D eigenvalue weighted by Gasteiger charge is 2.18. The molecule has 0 aliphatic rings. The van der Waals surface area contributed by atoms with Crippen molar-refractivity contribution in [2.75, 3.05) is 17.2 Å². The van der Waals surface area contributed by atoms with E-state index in [1.165, 1.54) is 0 Å². The lowest BCUT2D eigenvalue weighted by Gasteiger charge is -2.22. The van der Waals surface area contributed by atoms with Gasteiger partial charge in [-0.2, -0.15) is 5.26 Å². The van der Waals surface area contributed by atoms with E-state index in [1.807, 2.05) is 44.2 Å². The summed E-state index contributed by atoms with van der Waals surface area (Å²) in [6.07, 6.45) is 0.243. The third kappa shape index (κ3) is 6.23. The smallest absolute Gasteiger partial charge is 0.277 e. The lowest BCUT2D eigenvalue weighted by molar-refractivity contribution is -0.116. The van der Waals surface area contributed by atoms with Crippen LogP contribution in [-0.2, 0) is 11.4 Å². The number of benzene rings is 2. The van der Waals surface area contributed by atoms with Crippen LogP contribution in [0.4, 0.5) is 5.69 Å². The van der Waals surface area contributed by atoms with Crippen molar-refractivity contribution in [3.05, 3.63) is 64.5 Å². The molecule has 9 heteroatoms. The van der Waals surface area contributed by atoms with Crippen LogP contribution in [0, 0.1) is 25.2 Å². The maximum atomic E-state index is 12.8. The van der Waals surface area contributed by atoms with Crippen LogP contribution in [0.2, 0.25) is 5.02 Å². The number of thioether (sulfide) groups is 1. The molecule has 7 nitrogen and oxygen atoms in total. The Balaban J connectivity index is 1.59. The van der Waals surface area contributed by atoms with Crippen LogP contribution in [0.5, 0.6) is 5.75 Å². The number of aryl methyl sites for hydroxylation is 2. The molecule has 3 aromatic rings. The average Bonchev–Trinajstić information content (AvgIpc) is 3.22. The van der Waals surface area contributed by atoms with Crippen molar-refractivity contribution in [1.29, 1.82) is 5.26 Å². The monoisotopic (exact) mass is 456 g/mol. The lowest BCUT2D eigenvalue weighted by Crippen LogP contribution is -2.33. The van der Waals surface area contributed by atoms with Crippen LogP contribution < -0.4 is 9.64 Å². The van der Waals surface area contributed by atoms with Crippen molar-refractivity contribution < 1.29 is 13.9 Å². The fourth-order valence-electron chi connectivity index (χ4n) is 2.71. The van der Waals surface area contributed by atoms with Gasteiger partial charge < -0.3 is 14.1 Å². The molecule has 0 unspecified atom stereocenters. The first-order valence-corrected chi connectivity index (χ1v) is 10.9. The number of anilines is 1. The summed E-state index contributed by atoms with van der Waals surface area (Å²) < 4.78 is 11.1. The molecule has 1 heterocycles. The number of rotatable bonds is 9. The number of para-hydroxylation sites is 1. The molecule has 1 amide bonds. The third-order valence-corrected chi connectivity index (χ3v) is 5.62. The van der Waals surface area contributed by atoms with Gasteiger partial charge in [0.05, 0.1) is 23.3 Å². The Morgan fingerprint density at radius 1 is 1.23 bits per heavy atom.